The fourth-order valence-electron chi connectivity index (χ4n) is 1.90. The highest BCUT2D eigenvalue weighted by atomic mass is 79.9. The first-order valence-corrected chi connectivity index (χ1v) is 7.96. The summed E-state index contributed by atoms with van der Waals surface area (Å²) in [5.41, 5.74) is 1.24. The maximum absolute atomic E-state index is 5.76. The maximum atomic E-state index is 5.76. The van der Waals surface area contributed by atoms with E-state index in [9.17, 15) is 0 Å². The molecule has 0 bridgehead atoms. The Morgan fingerprint density at radius 2 is 1.81 bits per heavy atom. The molecule has 4 heteroatoms. The van der Waals surface area contributed by atoms with Crippen LogP contribution in [-0.2, 0) is 11.8 Å². The molecule has 3 nitrogen and oxygen atoms in total. The summed E-state index contributed by atoms with van der Waals surface area (Å²) < 4.78 is 6.53. The Morgan fingerprint density at radius 3 is 2.48 bits per heavy atom. The summed E-state index contributed by atoms with van der Waals surface area (Å²) in [7, 11) is 0. The summed E-state index contributed by atoms with van der Waals surface area (Å²) in [4.78, 5) is 8.89. The molecule has 0 fully saturated rings. The van der Waals surface area contributed by atoms with Crippen molar-refractivity contribution in [2.45, 2.75) is 39.0 Å². The molecule has 0 aliphatic heterocycles. The van der Waals surface area contributed by atoms with Gasteiger partial charge in [-0.1, -0.05) is 51.1 Å². The van der Waals surface area contributed by atoms with Crippen LogP contribution < -0.4 is 4.74 Å². The second-order valence-corrected chi connectivity index (χ2v) is 6.85. The number of aryl methyl sites for hydroxylation is 1. The minimum atomic E-state index is -0.0913. The minimum Gasteiger partial charge on any atom is -0.478 e. The van der Waals surface area contributed by atoms with Gasteiger partial charge in [-0.2, -0.15) is 4.98 Å². The average molecular weight is 349 g/mol. The lowest BCUT2D eigenvalue weighted by Crippen LogP contribution is -2.17. The van der Waals surface area contributed by atoms with E-state index < -0.39 is 0 Å². The summed E-state index contributed by atoms with van der Waals surface area (Å²) in [6.07, 6.45) is 1.98. The Balaban J connectivity index is 1.90. The van der Waals surface area contributed by atoms with Gasteiger partial charge in [-0.05, 0) is 34.3 Å². The summed E-state index contributed by atoms with van der Waals surface area (Å²) in [6.45, 7) is 6.93. The molecule has 0 atom stereocenters. The number of nitrogens with zero attached hydrogens (tertiary/aromatic N) is 2. The quantitative estimate of drug-likeness (QED) is 0.587. The van der Waals surface area contributed by atoms with Gasteiger partial charge in [0.05, 0.1) is 6.61 Å². The average Bonchev–Trinajstić information content (AvgIpc) is 2.43. The molecule has 0 spiro atoms. The van der Waals surface area contributed by atoms with Crippen molar-refractivity contribution in [3.8, 4) is 5.88 Å². The van der Waals surface area contributed by atoms with Crippen LogP contribution in [0.5, 0.6) is 5.88 Å². The van der Waals surface area contributed by atoms with E-state index in [0.717, 1.165) is 23.3 Å². The lowest BCUT2D eigenvalue weighted by molar-refractivity contribution is 0.295. The smallest absolute Gasteiger partial charge is 0.217 e. The summed E-state index contributed by atoms with van der Waals surface area (Å²) in [5.74, 6) is 1.42. The number of hydrogen-bond acceptors (Lipinski definition) is 3. The Kier molecular flexibility index (Phi) is 5.34. The highest BCUT2D eigenvalue weighted by Crippen LogP contribution is 2.23. The van der Waals surface area contributed by atoms with Crippen LogP contribution in [0.2, 0.25) is 0 Å². The lowest BCUT2D eigenvalue weighted by atomic mass is 9.96. The number of halogens is 1. The second-order valence-electron chi connectivity index (χ2n) is 6.04. The van der Waals surface area contributed by atoms with Crippen LogP contribution in [0.25, 0.3) is 0 Å². The zero-order valence-corrected chi connectivity index (χ0v) is 14.4. The molecule has 2 aromatic rings. The Morgan fingerprint density at radius 1 is 1.10 bits per heavy atom. The fraction of sp³-hybridized carbons (Fsp3) is 0.412. The zero-order chi connectivity index (χ0) is 15.3. The van der Waals surface area contributed by atoms with Crippen molar-refractivity contribution >= 4 is 15.9 Å². The van der Waals surface area contributed by atoms with Crippen LogP contribution in [0.4, 0.5) is 0 Å². The molecule has 0 saturated carbocycles. The van der Waals surface area contributed by atoms with Crippen LogP contribution in [0.1, 0.15) is 38.6 Å². The SMILES string of the molecule is CC(C)(C)c1nc(Br)cc(OCCCc2ccccc2)n1. The van der Waals surface area contributed by atoms with Crippen molar-refractivity contribution in [3.63, 3.8) is 0 Å². The van der Waals surface area contributed by atoms with E-state index in [1.807, 2.05) is 12.1 Å². The van der Waals surface area contributed by atoms with Crippen molar-refractivity contribution in [2.24, 2.45) is 0 Å². The lowest BCUT2D eigenvalue weighted by Gasteiger charge is -2.17. The second kappa shape index (κ2) is 7.03. The zero-order valence-electron chi connectivity index (χ0n) is 12.8. The molecule has 21 heavy (non-hydrogen) atoms. The minimum absolute atomic E-state index is 0.0913. The van der Waals surface area contributed by atoms with Crippen LogP contribution in [0.15, 0.2) is 41.0 Å². The Hall–Kier alpha value is -1.42. The third-order valence-corrected chi connectivity index (χ3v) is 3.45. The Bertz CT molecular complexity index is 579. The molecule has 0 N–H and O–H groups in total. The number of benzene rings is 1. The van der Waals surface area contributed by atoms with Gasteiger partial charge < -0.3 is 4.74 Å². The normalized spacial score (nSPS) is 11.4. The van der Waals surface area contributed by atoms with Crippen molar-refractivity contribution < 1.29 is 4.74 Å². The molecule has 0 unspecified atom stereocenters. The monoisotopic (exact) mass is 348 g/mol. The highest BCUT2D eigenvalue weighted by molar-refractivity contribution is 9.10. The van der Waals surface area contributed by atoms with Gasteiger partial charge in [-0.25, -0.2) is 4.98 Å². The number of aromatic nitrogens is 2. The summed E-state index contributed by atoms with van der Waals surface area (Å²) in [6, 6.07) is 12.3. The molecule has 1 heterocycles. The van der Waals surface area contributed by atoms with Gasteiger partial charge in [0.25, 0.3) is 0 Å². The van der Waals surface area contributed by atoms with E-state index >= 15 is 0 Å². The standard InChI is InChI=1S/C17H21BrN2O/c1-17(2,3)16-19-14(18)12-15(20-16)21-11-7-10-13-8-5-4-6-9-13/h4-6,8-9,12H,7,10-11H2,1-3H3. The first kappa shape index (κ1) is 16.0. The number of rotatable bonds is 5. The van der Waals surface area contributed by atoms with E-state index in [2.05, 4.69) is 70.9 Å². The van der Waals surface area contributed by atoms with Crippen LogP contribution in [0.3, 0.4) is 0 Å². The van der Waals surface area contributed by atoms with Gasteiger partial charge in [-0.15, -0.1) is 0 Å². The maximum Gasteiger partial charge on any atom is 0.217 e. The number of ether oxygens (including phenoxy) is 1. The molecule has 0 amide bonds. The third-order valence-electron chi connectivity index (χ3n) is 3.04. The van der Waals surface area contributed by atoms with E-state index in [4.69, 9.17) is 4.74 Å². The van der Waals surface area contributed by atoms with Crippen LogP contribution >= 0.6 is 15.9 Å². The molecular formula is C17H21BrN2O. The fourth-order valence-corrected chi connectivity index (χ4v) is 2.27. The van der Waals surface area contributed by atoms with E-state index in [1.54, 1.807) is 0 Å². The van der Waals surface area contributed by atoms with Crippen molar-refractivity contribution in [3.05, 3.63) is 52.4 Å². The first-order chi connectivity index (χ1) is 9.95. The molecule has 1 aromatic carbocycles. The predicted octanol–water partition coefficient (Wildman–Crippen LogP) is 4.55. The van der Waals surface area contributed by atoms with Crippen molar-refractivity contribution in [1.29, 1.82) is 0 Å². The van der Waals surface area contributed by atoms with Gasteiger partial charge in [0.2, 0.25) is 5.88 Å². The molecular weight excluding hydrogens is 328 g/mol. The van der Waals surface area contributed by atoms with Crippen LogP contribution in [0, 0.1) is 0 Å². The van der Waals surface area contributed by atoms with Gasteiger partial charge in [0.15, 0.2) is 0 Å². The highest BCUT2D eigenvalue weighted by Gasteiger charge is 2.19. The number of hydrogen-bond donors (Lipinski definition) is 0. The molecule has 1 aromatic heterocycles. The molecule has 0 aliphatic carbocycles. The van der Waals surface area contributed by atoms with Crippen LogP contribution in [-0.4, -0.2) is 16.6 Å². The largest absolute Gasteiger partial charge is 0.478 e. The molecule has 0 aliphatic rings. The third kappa shape index (κ3) is 5.12. The molecule has 0 saturated heterocycles. The van der Waals surface area contributed by atoms with Crippen molar-refractivity contribution in [1.82, 2.24) is 9.97 Å². The van der Waals surface area contributed by atoms with Gasteiger partial charge >= 0.3 is 0 Å². The molecule has 2 rings (SSSR count). The van der Waals surface area contributed by atoms with Gasteiger partial charge in [0, 0.05) is 11.5 Å². The topological polar surface area (TPSA) is 35.0 Å². The first-order valence-electron chi connectivity index (χ1n) is 7.17. The Labute approximate surface area is 134 Å². The van der Waals surface area contributed by atoms with E-state index in [0.29, 0.717) is 12.5 Å². The molecule has 112 valence electrons. The molecule has 0 radical (unpaired) electrons. The van der Waals surface area contributed by atoms with Gasteiger partial charge in [-0.3, -0.25) is 0 Å². The van der Waals surface area contributed by atoms with Gasteiger partial charge in [0.1, 0.15) is 10.4 Å². The van der Waals surface area contributed by atoms with E-state index in [1.165, 1.54) is 5.56 Å². The van der Waals surface area contributed by atoms with Crippen molar-refractivity contribution in [2.75, 3.05) is 6.61 Å². The summed E-state index contributed by atoms with van der Waals surface area (Å²) >= 11 is 3.42. The predicted molar refractivity (Wildman–Crippen MR) is 88.7 cm³/mol. The summed E-state index contributed by atoms with van der Waals surface area (Å²) in [5, 5.41) is 0. The van der Waals surface area contributed by atoms with E-state index in [-0.39, 0.29) is 5.41 Å².